The molecule has 0 aliphatic carbocycles. The van der Waals surface area contributed by atoms with E-state index in [9.17, 15) is 9.59 Å². The van der Waals surface area contributed by atoms with Crippen LogP contribution < -0.4 is 27.8 Å². The number of nitrogen functional groups attached to an aromatic ring is 2. The van der Waals surface area contributed by atoms with Crippen molar-refractivity contribution in [2.45, 2.75) is 57.8 Å². The van der Waals surface area contributed by atoms with Crippen LogP contribution in [0, 0.1) is 5.41 Å². The van der Waals surface area contributed by atoms with Crippen molar-refractivity contribution >= 4 is 41.0 Å². The second-order valence-corrected chi connectivity index (χ2v) is 6.79. The SMILES string of the molecule is N=C(NCCCCCCCCCCC(N)=O)NC(=O)c1nc(Cl)c(N)nc1N. The number of aromatic nitrogens is 2. The van der Waals surface area contributed by atoms with Gasteiger partial charge in [-0.3, -0.25) is 20.3 Å². The van der Waals surface area contributed by atoms with Crippen molar-refractivity contribution in [2.75, 3.05) is 18.0 Å². The molecule has 156 valence electrons. The Hall–Kier alpha value is -2.62. The zero-order chi connectivity index (χ0) is 20.9. The Morgan fingerprint density at radius 1 is 0.929 bits per heavy atom. The van der Waals surface area contributed by atoms with E-state index < -0.39 is 5.91 Å². The summed E-state index contributed by atoms with van der Waals surface area (Å²) in [7, 11) is 0. The van der Waals surface area contributed by atoms with Crippen LogP contribution in [0.4, 0.5) is 11.6 Å². The quantitative estimate of drug-likeness (QED) is 0.170. The molecule has 0 unspecified atom stereocenters. The van der Waals surface area contributed by atoms with Gasteiger partial charge >= 0.3 is 0 Å². The summed E-state index contributed by atoms with van der Waals surface area (Å²) in [6, 6.07) is 0. The van der Waals surface area contributed by atoms with Crippen LogP contribution >= 0.6 is 11.6 Å². The Morgan fingerprint density at radius 2 is 1.50 bits per heavy atom. The fraction of sp³-hybridized carbons (Fsp3) is 0.588. The van der Waals surface area contributed by atoms with Crippen molar-refractivity contribution in [3.8, 4) is 0 Å². The van der Waals surface area contributed by atoms with E-state index >= 15 is 0 Å². The molecule has 0 atom stereocenters. The topological polar surface area (TPSA) is 186 Å². The van der Waals surface area contributed by atoms with Gasteiger partial charge in [0.2, 0.25) is 5.91 Å². The van der Waals surface area contributed by atoms with Crippen LogP contribution in [0.3, 0.4) is 0 Å². The smallest absolute Gasteiger partial charge is 0.280 e. The zero-order valence-corrected chi connectivity index (χ0v) is 16.6. The van der Waals surface area contributed by atoms with Crippen LogP contribution in [0.2, 0.25) is 5.15 Å². The zero-order valence-electron chi connectivity index (χ0n) is 15.9. The average molecular weight is 413 g/mol. The third-order valence-electron chi connectivity index (χ3n) is 4.01. The van der Waals surface area contributed by atoms with Crippen LogP contribution in [-0.2, 0) is 4.79 Å². The Balaban J connectivity index is 2.10. The first kappa shape index (κ1) is 23.4. The van der Waals surface area contributed by atoms with Gasteiger partial charge in [0, 0.05) is 13.0 Å². The summed E-state index contributed by atoms with van der Waals surface area (Å²) in [6.45, 7) is 0.571. The maximum absolute atomic E-state index is 12.1. The number of unbranched alkanes of at least 4 members (excludes halogenated alkanes) is 7. The number of halogens is 1. The highest BCUT2D eigenvalue weighted by molar-refractivity contribution is 6.31. The van der Waals surface area contributed by atoms with Gasteiger partial charge in [0.05, 0.1) is 0 Å². The van der Waals surface area contributed by atoms with Gasteiger partial charge in [0.15, 0.2) is 28.4 Å². The lowest BCUT2D eigenvalue weighted by molar-refractivity contribution is -0.118. The van der Waals surface area contributed by atoms with Gasteiger partial charge in [-0.25, -0.2) is 9.97 Å². The maximum Gasteiger partial charge on any atom is 0.280 e. The lowest BCUT2D eigenvalue weighted by Crippen LogP contribution is -2.41. The van der Waals surface area contributed by atoms with E-state index in [1.807, 2.05) is 0 Å². The Labute approximate surface area is 169 Å². The Morgan fingerprint density at radius 3 is 2.11 bits per heavy atom. The van der Waals surface area contributed by atoms with Crippen LogP contribution in [0.25, 0.3) is 0 Å². The molecule has 0 saturated carbocycles. The summed E-state index contributed by atoms with van der Waals surface area (Å²) in [4.78, 5) is 30.2. The summed E-state index contributed by atoms with van der Waals surface area (Å²) < 4.78 is 0. The third-order valence-corrected chi connectivity index (χ3v) is 4.29. The minimum Gasteiger partial charge on any atom is -0.382 e. The molecule has 0 radical (unpaired) electrons. The monoisotopic (exact) mass is 412 g/mol. The number of carbonyl (C=O) groups excluding carboxylic acids is 2. The molecular weight excluding hydrogens is 384 g/mol. The number of nitrogens with two attached hydrogens (primary N) is 3. The van der Waals surface area contributed by atoms with Crippen molar-refractivity contribution in [3.05, 3.63) is 10.8 Å². The third kappa shape index (κ3) is 9.36. The van der Waals surface area contributed by atoms with E-state index in [2.05, 4.69) is 20.6 Å². The predicted octanol–water partition coefficient (Wildman–Crippen LogP) is 1.54. The minimum atomic E-state index is -0.680. The van der Waals surface area contributed by atoms with Gasteiger partial charge in [-0.2, -0.15) is 0 Å². The first-order chi connectivity index (χ1) is 13.3. The number of hydrogen-bond donors (Lipinski definition) is 6. The normalized spacial score (nSPS) is 10.5. The highest BCUT2D eigenvalue weighted by Gasteiger charge is 2.16. The molecule has 0 aromatic carbocycles. The lowest BCUT2D eigenvalue weighted by Gasteiger charge is -2.10. The van der Waals surface area contributed by atoms with Crippen LogP contribution in [-0.4, -0.2) is 34.3 Å². The van der Waals surface area contributed by atoms with E-state index in [-0.39, 0.29) is 34.3 Å². The summed E-state index contributed by atoms with van der Waals surface area (Å²) in [6.07, 6.45) is 8.79. The average Bonchev–Trinajstić information content (AvgIpc) is 2.62. The van der Waals surface area contributed by atoms with E-state index in [1.165, 1.54) is 0 Å². The number of guanidine groups is 1. The number of carbonyl (C=O) groups is 2. The lowest BCUT2D eigenvalue weighted by atomic mass is 10.1. The molecule has 9 N–H and O–H groups in total. The standard InChI is InChI=1S/C17H29ClN8O2/c18-13-15(21)25-14(20)12(24-13)16(28)26-17(22)23-10-8-6-4-2-1-3-5-7-9-11(19)27/h1-10H2,(H2,19,27)(H4,20,21,25)(H3,22,23,26,28). The highest BCUT2D eigenvalue weighted by atomic mass is 35.5. The molecular formula is C17H29ClN8O2. The molecule has 11 heteroatoms. The molecule has 10 nitrogen and oxygen atoms in total. The van der Waals surface area contributed by atoms with Gasteiger partial charge in [-0.05, 0) is 12.8 Å². The molecule has 1 heterocycles. The molecule has 0 fully saturated rings. The van der Waals surface area contributed by atoms with Gasteiger partial charge in [-0.1, -0.05) is 50.1 Å². The number of nitrogens with one attached hydrogen (secondary N) is 3. The van der Waals surface area contributed by atoms with Crippen molar-refractivity contribution in [2.24, 2.45) is 5.73 Å². The minimum absolute atomic E-state index is 0.0606. The number of hydrogen-bond acceptors (Lipinski definition) is 7. The predicted molar refractivity (Wildman–Crippen MR) is 110 cm³/mol. The molecule has 1 aromatic rings. The second-order valence-electron chi connectivity index (χ2n) is 6.43. The van der Waals surface area contributed by atoms with Crippen molar-refractivity contribution in [1.29, 1.82) is 5.41 Å². The number of rotatable bonds is 12. The number of nitrogens with zero attached hydrogens (tertiary/aromatic N) is 2. The van der Waals surface area contributed by atoms with E-state index in [0.29, 0.717) is 13.0 Å². The highest BCUT2D eigenvalue weighted by Crippen LogP contribution is 2.17. The fourth-order valence-electron chi connectivity index (χ4n) is 2.52. The molecule has 0 bridgehead atoms. The van der Waals surface area contributed by atoms with E-state index in [0.717, 1.165) is 51.4 Å². The number of primary amides is 1. The van der Waals surface area contributed by atoms with Gasteiger partial charge in [0.25, 0.3) is 5.91 Å². The first-order valence-corrected chi connectivity index (χ1v) is 9.69. The fourth-order valence-corrected chi connectivity index (χ4v) is 2.65. The summed E-state index contributed by atoms with van der Waals surface area (Å²) >= 11 is 5.74. The Kier molecular flexibility index (Phi) is 10.6. The largest absolute Gasteiger partial charge is 0.382 e. The first-order valence-electron chi connectivity index (χ1n) is 9.31. The van der Waals surface area contributed by atoms with Crippen LogP contribution in [0.5, 0.6) is 0 Å². The summed E-state index contributed by atoms with van der Waals surface area (Å²) in [5.41, 5.74) is 16.0. The van der Waals surface area contributed by atoms with E-state index in [1.54, 1.807) is 0 Å². The van der Waals surface area contributed by atoms with E-state index in [4.69, 9.17) is 34.2 Å². The van der Waals surface area contributed by atoms with Crippen molar-refractivity contribution in [3.63, 3.8) is 0 Å². The molecule has 0 saturated heterocycles. The van der Waals surface area contributed by atoms with Gasteiger partial charge < -0.3 is 22.5 Å². The van der Waals surface area contributed by atoms with Crippen LogP contribution in [0.15, 0.2) is 0 Å². The molecule has 0 aliphatic heterocycles. The molecule has 1 rings (SSSR count). The Bertz CT molecular complexity index is 683. The second kappa shape index (κ2) is 12.7. The number of amides is 2. The molecule has 0 aliphatic rings. The summed E-state index contributed by atoms with van der Waals surface area (Å²) in [5, 5.41) is 12.8. The molecule has 2 amide bonds. The molecule has 1 aromatic heterocycles. The van der Waals surface area contributed by atoms with Crippen molar-refractivity contribution < 1.29 is 9.59 Å². The maximum atomic E-state index is 12.1. The molecule has 28 heavy (non-hydrogen) atoms. The van der Waals surface area contributed by atoms with Crippen LogP contribution in [0.1, 0.15) is 68.3 Å². The van der Waals surface area contributed by atoms with Gasteiger partial charge in [0.1, 0.15) is 0 Å². The number of anilines is 2. The summed E-state index contributed by atoms with van der Waals surface area (Å²) in [5.74, 6) is -1.27. The van der Waals surface area contributed by atoms with Gasteiger partial charge in [-0.15, -0.1) is 0 Å². The molecule has 0 spiro atoms. The van der Waals surface area contributed by atoms with Crippen molar-refractivity contribution in [1.82, 2.24) is 20.6 Å².